The van der Waals surface area contributed by atoms with Crippen LogP contribution in [0.4, 0.5) is 4.79 Å². The Hall–Kier alpha value is -0.770. The fourth-order valence-corrected chi connectivity index (χ4v) is 2.18. The van der Waals surface area contributed by atoms with Crippen LogP contribution >= 0.6 is 0 Å². The van der Waals surface area contributed by atoms with Crippen molar-refractivity contribution in [3.8, 4) is 0 Å². The molecule has 0 bridgehead atoms. The van der Waals surface area contributed by atoms with Crippen LogP contribution in [-0.2, 0) is 4.74 Å². The van der Waals surface area contributed by atoms with E-state index < -0.39 is 5.60 Å². The van der Waals surface area contributed by atoms with Gasteiger partial charge < -0.3 is 14.7 Å². The van der Waals surface area contributed by atoms with Crippen LogP contribution in [0.1, 0.15) is 79.1 Å². The molecule has 0 aliphatic carbocycles. The maximum absolute atomic E-state index is 12.0. The van der Waals surface area contributed by atoms with Crippen molar-refractivity contribution < 1.29 is 14.6 Å². The molecule has 1 N–H and O–H groups in total. The second-order valence-electron chi connectivity index (χ2n) is 6.67. The minimum Gasteiger partial charge on any atom is -0.444 e. The minimum absolute atomic E-state index is 0.0176. The van der Waals surface area contributed by atoms with Gasteiger partial charge in [-0.2, -0.15) is 0 Å². The Balaban J connectivity index is 3.81. The molecule has 0 spiro atoms. The molecule has 126 valence electrons. The average molecular weight is 301 g/mol. The van der Waals surface area contributed by atoms with Crippen molar-refractivity contribution in [2.75, 3.05) is 19.7 Å². The molecule has 1 amide bonds. The molecule has 0 rings (SSSR count). The smallest absolute Gasteiger partial charge is 0.410 e. The van der Waals surface area contributed by atoms with Crippen molar-refractivity contribution in [2.45, 2.75) is 84.7 Å². The highest BCUT2D eigenvalue weighted by Crippen LogP contribution is 2.12. The Labute approximate surface area is 130 Å². The molecule has 0 atom stereocenters. The zero-order chi connectivity index (χ0) is 16.1. The lowest BCUT2D eigenvalue weighted by Gasteiger charge is -2.27. The van der Waals surface area contributed by atoms with Crippen LogP contribution in [0.5, 0.6) is 0 Å². The van der Waals surface area contributed by atoms with E-state index in [1.807, 2.05) is 20.8 Å². The Morgan fingerprint density at radius 2 is 1.48 bits per heavy atom. The van der Waals surface area contributed by atoms with Crippen LogP contribution in [0.25, 0.3) is 0 Å². The molecular weight excluding hydrogens is 266 g/mol. The molecule has 0 unspecified atom stereocenters. The van der Waals surface area contributed by atoms with Crippen LogP contribution in [0.2, 0.25) is 0 Å². The first-order valence-electron chi connectivity index (χ1n) is 8.49. The van der Waals surface area contributed by atoms with Crippen LogP contribution in [0.15, 0.2) is 0 Å². The van der Waals surface area contributed by atoms with Gasteiger partial charge in [-0.05, 0) is 27.2 Å². The Kier molecular flexibility index (Phi) is 11.4. The van der Waals surface area contributed by atoms with Crippen LogP contribution in [0.3, 0.4) is 0 Å². The summed E-state index contributed by atoms with van der Waals surface area (Å²) >= 11 is 0. The number of hydrogen-bond acceptors (Lipinski definition) is 3. The van der Waals surface area contributed by atoms with Gasteiger partial charge in [0.2, 0.25) is 0 Å². The molecule has 4 nitrogen and oxygen atoms in total. The summed E-state index contributed by atoms with van der Waals surface area (Å²) in [6, 6.07) is 0. The normalized spacial score (nSPS) is 11.5. The largest absolute Gasteiger partial charge is 0.444 e. The molecule has 0 fully saturated rings. The maximum atomic E-state index is 12.0. The minimum atomic E-state index is -0.482. The number of aliphatic hydroxyl groups is 1. The quantitative estimate of drug-likeness (QED) is 0.577. The molecule has 0 radical (unpaired) electrons. The second kappa shape index (κ2) is 11.8. The molecule has 21 heavy (non-hydrogen) atoms. The van der Waals surface area contributed by atoms with E-state index in [-0.39, 0.29) is 12.7 Å². The van der Waals surface area contributed by atoms with E-state index in [1.54, 1.807) is 4.90 Å². The molecule has 0 aromatic heterocycles. The van der Waals surface area contributed by atoms with Gasteiger partial charge in [0, 0.05) is 13.1 Å². The summed E-state index contributed by atoms with van der Waals surface area (Å²) in [6.45, 7) is 8.81. The van der Waals surface area contributed by atoms with Crippen molar-refractivity contribution in [3.63, 3.8) is 0 Å². The lowest BCUT2D eigenvalue weighted by atomic mass is 10.1. The zero-order valence-electron chi connectivity index (χ0n) is 14.5. The summed E-state index contributed by atoms with van der Waals surface area (Å²) in [5.74, 6) is 0. The lowest BCUT2D eigenvalue weighted by molar-refractivity contribution is 0.0215. The van der Waals surface area contributed by atoms with Crippen molar-refractivity contribution in [3.05, 3.63) is 0 Å². The number of hydrogen-bond donors (Lipinski definition) is 1. The van der Waals surface area contributed by atoms with Gasteiger partial charge in [0.25, 0.3) is 0 Å². The van der Waals surface area contributed by atoms with Crippen molar-refractivity contribution in [1.82, 2.24) is 4.90 Å². The summed E-state index contributed by atoms with van der Waals surface area (Å²) in [6.07, 6.45) is 9.58. The Morgan fingerprint density at radius 3 is 1.95 bits per heavy atom. The summed E-state index contributed by atoms with van der Waals surface area (Å²) in [7, 11) is 0. The number of carbonyl (C=O) groups excluding carboxylic acids is 1. The lowest BCUT2D eigenvalue weighted by Crippen LogP contribution is -2.39. The van der Waals surface area contributed by atoms with Crippen molar-refractivity contribution in [1.29, 1.82) is 0 Å². The van der Waals surface area contributed by atoms with Crippen molar-refractivity contribution >= 4 is 6.09 Å². The summed E-state index contributed by atoms with van der Waals surface area (Å²) in [5, 5.41) is 9.06. The highest BCUT2D eigenvalue weighted by Gasteiger charge is 2.21. The van der Waals surface area contributed by atoms with E-state index in [0.29, 0.717) is 13.1 Å². The molecule has 0 saturated carbocycles. The number of rotatable bonds is 11. The van der Waals surface area contributed by atoms with E-state index >= 15 is 0 Å². The topological polar surface area (TPSA) is 49.8 Å². The van der Waals surface area contributed by atoms with E-state index in [2.05, 4.69) is 6.92 Å². The van der Waals surface area contributed by atoms with Crippen molar-refractivity contribution in [2.24, 2.45) is 0 Å². The number of amides is 1. The SMILES string of the molecule is CCCCCCCCCCN(CCO)C(=O)OC(C)(C)C. The molecule has 0 aromatic rings. The first-order valence-corrected chi connectivity index (χ1v) is 8.49. The molecular formula is C17H35NO3. The van der Waals surface area contributed by atoms with E-state index in [9.17, 15) is 4.79 Å². The summed E-state index contributed by atoms with van der Waals surface area (Å²) in [4.78, 5) is 13.6. The first kappa shape index (κ1) is 20.2. The predicted molar refractivity (Wildman–Crippen MR) is 87.5 cm³/mol. The molecule has 0 aromatic carbocycles. The number of aliphatic hydroxyl groups excluding tert-OH is 1. The van der Waals surface area contributed by atoms with Gasteiger partial charge in [-0.3, -0.25) is 0 Å². The van der Waals surface area contributed by atoms with Gasteiger partial charge in [0.1, 0.15) is 5.60 Å². The third kappa shape index (κ3) is 12.7. The Bertz CT molecular complexity index is 261. The fraction of sp³-hybridized carbons (Fsp3) is 0.941. The molecule has 0 saturated heterocycles. The zero-order valence-corrected chi connectivity index (χ0v) is 14.5. The number of carbonyl (C=O) groups is 1. The molecule has 0 heterocycles. The van der Waals surface area contributed by atoms with Gasteiger partial charge in [0.15, 0.2) is 0 Å². The number of ether oxygens (including phenoxy) is 1. The van der Waals surface area contributed by atoms with Crippen LogP contribution in [-0.4, -0.2) is 41.4 Å². The maximum Gasteiger partial charge on any atom is 0.410 e. The third-order valence-corrected chi connectivity index (χ3v) is 3.30. The van der Waals surface area contributed by atoms with Crippen LogP contribution < -0.4 is 0 Å². The highest BCUT2D eigenvalue weighted by molar-refractivity contribution is 5.68. The fourth-order valence-electron chi connectivity index (χ4n) is 2.18. The molecule has 0 aliphatic heterocycles. The molecule has 4 heteroatoms. The third-order valence-electron chi connectivity index (χ3n) is 3.30. The molecule has 0 aliphatic rings. The standard InChI is InChI=1S/C17H35NO3/c1-5-6-7-8-9-10-11-12-13-18(14-15-19)16(20)21-17(2,3)4/h19H,5-15H2,1-4H3. The van der Waals surface area contributed by atoms with Gasteiger partial charge >= 0.3 is 6.09 Å². The van der Waals surface area contributed by atoms with Crippen LogP contribution in [0, 0.1) is 0 Å². The first-order chi connectivity index (χ1) is 9.90. The van der Waals surface area contributed by atoms with Gasteiger partial charge in [0.05, 0.1) is 6.61 Å². The monoisotopic (exact) mass is 301 g/mol. The predicted octanol–water partition coefficient (Wildman–Crippen LogP) is 4.36. The average Bonchev–Trinajstić information content (AvgIpc) is 2.38. The summed E-state index contributed by atoms with van der Waals surface area (Å²) in [5.41, 5.74) is -0.482. The van der Waals surface area contributed by atoms with E-state index in [1.165, 1.54) is 38.5 Å². The van der Waals surface area contributed by atoms with Gasteiger partial charge in [-0.1, -0.05) is 51.9 Å². The second-order valence-corrected chi connectivity index (χ2v) is 6.67. The van der Waals surface area contributed by atoms with E-state index in [0.717, 1.165) is 12.8 Å². The highest BCUT2D eigenvalue weighted by atomic mass is 16.6. The van der Waals surface area contributed by atoms with Gasteiger partial charge in [-0.25, -0.2) is 4.79 Å². The number of unbranched alkanes of at least 4 members (excludes halogenated alkanes) is 7. The Morgan fingerprint density at radius 1 is 0.952 bits per heavy atom. The summed E-state index contributed by atoms with van der Waals surface area (Å²) < 4.78 is 5.35. The van der Waals surface area contributed by atoms with Gasteiger partial charge in [-0.15, -0.1) is 0 Å². The van der Waals surface area contributed by atoms with E-state index in [4.69, 9.17) is 9.84 Å². The number of nitrogens with zero attached hydrogens (tertiary/aromatic N) is 1.